The maximum atomic E-state index is 12.1. The van der Waals surface area contributed by atoms with Crippen LogP contribution < -0.4 is 16.0 Å². The Morgan fingerprint density at radius 2 is 0.977 bits per heavy atom. The van der Waals surface area contributed by atoms with E-state index in [-0.39, 0.29) is 0 Å². The Morgan fingerprint density at radius 3 is 1.47 bits per heavy atom. The van der Waals surface area contributed by atoms with Gasteiger partial charge in [-0.05, 0) is 0 Å². The molecule has 3 rings (SSSR count). The van der Waals surface area contributed by atoms with Gasteiger partial charge in [0.2, 0.25) is 17.7 Å². The van der Waals surface area contributed by atoms with Crippen molar-refractivity contribution in [3.05, 3.63) is 0 Å². The van der Waals surface area contributed by atoms with Gasteiger partial charge in [-0.15, -0.1) is 0 Å². The lowest BCUT2D eigenvalue weighted by molar-refractivity contribution is -0.349. The second-order valence-corrected chi connectivity index (χ2v) is 10.5. The van der Waals surface area contributed by atoms with Gasteiger partial charge in [0.15, 0.2) is 18.9 Å². The number of aliphatic hydroxyl groups excluding tert-OH is 8. The first-order chi connectivity index (χ1) is 20.2. The summed E-state index contributed by atoms with van der Waals surface area (Å²) in [4.78, 5) is 35.7. The fourth-order valence-corrected chi connectivity index (χ4v) is 5.27. The summed E-state index contributed by atoms with van der Waals surface area (Å²) >= 11 is 0. The zero-order valence-corrected chi connectivity index (χ0v) is 23.6. The number of amides is 3. The van der Waals surface area contributed by atoms with Crippen molar-refractivity contribution in [2.75, 3.05) is 19.8 Å². The molecule has 3 aliphatic rings. The average molecular weight is 628 g/mol. The summed E-state index contributed by atoms with van der Waals surface area (Å²) in [6.45, 7) is 0.996. The molecule has 19 nitrogen and oxygen atoms in total. The number of hydrogen-bond acceptors (Lipinski definition) is 16. The molecule has 43 heavy (non-hydrogen) atoms. The Hall–Kier alpha value is -2.11. The molecular formula is C24H41N3O16. The summed E-state index contributed by atoms with van der Waals surface area (Å²) in [6.07, 6.45) is -19.1. The van der Waals surface area contributed by atoms with Crippen molar-refractivity contribution < 1.29 is 78.9 Å². The van der Waals surface area contributed by atoms with Crippen LogP contribution in [0.2, 0.25) is 0 Å². The molecule has 0 spiro atoms. The molecule has 0 aromatic rings. The fourth-order valence-electron chi connectivity index (χ4n) is 5.27. The van der Waals surface area contributed by atoms with Crippen molar-refractivity contribution in [3.8, 4) is 0 Å². The standard InChI is InChI=1S/C24H41N3O16/c1-7(31)25-13-18(36)16(34)10(4-28)40-23(13)42-20-12(6-30)41-24(14(19(20)37)26-8(2)32)43-21-15(27-9(3)33)22(38)39-11(5-29)17(21)35/h10-24,28-30,34-38H,4-6H2,1-3H3,(H,25,31)(H,26,32)(H,27,33)/t10-,11-,12-,13-,14-,15-,16+,17+,18-,19-,20-,21-,22+,23?,24?/m1/s1. The third-order valence-corrected chi connectivity index (χ3v) is 7.30. The lowest BCUT2D eigenvalue weighted by Gasteiger charge is -2.50. The highest BCUT2D eigenvalue weighted by Gasteiger charge is 2.54. The molecule has 3 heterocycles. The molecule has 3 amide bonds. The molecule has 0 radical (unpaired) electrons. The minimum atomic E-state index is -1.78. The fraction of sp³-hybridized carbons (Fsp3) is 0.875. The van der Waals surface area contributed by atoms with Gasteiger partial charge in [-0.2, -0.15) is 0 Å². The summed E-state index contributed by atoms with van der Waals surface area (Å²) in [5.41, 5.74) is 0. The topological polar surface area (TPSA) is 295 Å². The zero-order valence-electron chi connectivity index (χ0n) is 23.6. The minimum absolute atomic E-state index is 0.643. The van der Waals surface area contributed by atoms with Crippen LogP contribution in [-0.2, 0) is 38.1 Å². The van der Waals surface area contributed by atoms with E-state index in [1.54, 1.807) is 0 Å². The van der Waals surface area contributed by atoms with Crippen LogP contribution in [0.5, 0.6) is 0 Å². The van der Waals surface area contributed by atoms with Gasteiger partial charge in [-0.1, -0.05) is 0 Å². The number of rotatable bonds is 10. The van der Waals surface area contributed by atoms with E-state index < -0.39 is 129 Å². The predicted octanol–water partition coefficient (Wildman–Crippen LogP) is -7.14. The van der Waals surface area contributed by atoms with Crippen LogP contribution in [0.4, 0.5) is 0 Å². The van der Waals surface area contributed by atoms with Gasteiger partial charge in [0.25, 0.3) is 0 Å². The van der Waals surface area contributed by atoms with E-state index in [9.17, 15) is 55.2 Å². The molecule has 0 aromatic carbocycles. The molecule has 11 N–H and O–H groups in total. The largest absolute Gasteiger partial charge is 0.394 e. The van der Waals surface area contributed by atoms with Crippen molar-refractivity contribution in [3.63, 3.8) is 0 Å². The maximum absolute atomic E-state index is 12.1. The average Bonchev–Trinajstić information content (AvgIpc) is 2.94. The van der Waals surface area contributed by atoms with E-state index in [2.05, 4.69) is 16.0 Å². The quantitative estimate of drug-likeness (QED) is 0.107. The second-order valence-electron chi connectivity index (χ2n) is 10.5. The predicted molar refractivity (Wildman–Crippen MR) is 136 cm³/mol. The third-order valence-electron chi connectivity index (χ3n) is 7.30. The van der Waals surface area contributed by atoms with Crippen molar-refractivity contribution >= 4 is 17.7 Å². The van der Waals surface area contributed by atoms with Crippen molar-refractivity contribution in [2.45, 2.75) is 113 Å². The van der Waals surface area contributed by atoms with Gasteiger partial charge in [-0.25, -0.2) is 0 Å². The van der Waals surface area contributed by atoms with Crippen LogP contribution in [-0.4, -0.2) is 170 Å². The molecule has 248 valence electrons. The van der Waals surface area contributed by atoms with Crippen LogP contribution >= 0.6 is 0 Å². The van der Waals surface area contributed by atoms with Crippen LogP contribution in [0.15, 0.2) is 0 Å². The summed E-state index contributed by atoms with van der Waals surface area (Å²) < 4.78 is 28.2. The number of nitrogens with one attached hydrogen (secondary N) is 3. The number of ether oxygens (including phenoxy) is 5. The SMILES string of the molecule is CC(=O)N[C@@H]1[C@@H](OC2O[C@H](CO)[C@@H](OC3O[C@H](CO)[C@H](O)[C@H](O)[C@H]3NC(C)=O)[C@H](O)[C@H]2NC(C)=O)[C@@H](O)[C@@H](CO)O[C@@H]1O. The smallest absolute Gasteiger partial charge is 0.217 e. The molecule has 0 aliphatic carbocycles. The van der Waals surface area contributed by atoms with Gasteiger partial charge in [0, 0.05) is 20.8 Å². The Labute approximate surface area is 245 Å². The van der Waals surface area contributed by atoms with Crippen LogP contribution in [0, 0.1) is 0 Å². The van der Waals surface area contributed by atoms with Gasteiger partial charge in [-0.3, -0.25) is 14.4 Å². The molecule has 0 saturated carbocycles. The van der Waals surface area contributed by atoms with E-state index in [1.165, 1.54) is 0 Å². The first-order valence-electron chi connectivity index (χ1n) is 13.5. The molecule has 0 aromatic heterocycles. The number of carbonyl (C=O) groups excluding carboxylic acids is 3. The second kappa shape index (κ2) is 15.3. The summed E-state index contributed by atoms with van der Waals surface area (Å²) in [6, 6.07) is -4.33. The molecule has 19 heteroatoms. The molecule has 2 unspecified atom stereocenters. The Bertz CT molecular complexity index is 962. The van der Waals surface area contributed by atoms with Crippen LogP contribution in [0.1, 0.15) is 20.8 Å². The van der Waals surface area contributed by atoms with E-state index in [0.717, 1.165) is 20.8 Å². The van der Waals surface area contributed by atoms with Crippen LogP contribution in [0.25, 0.3) is 0 Å². The van der Waals surface area contributed by atoms with E-state index >= 15 is 0 Å². The number of hydrogen-bond donors (Lipinski definition) is 11. The van der Waals surface area contributed by atoms with E-state index in [1.807, 2.05) is 0 Å². The first kappa shape index (κ1) is 35.4. The zero-order chi connectivity index (χ0) is 32.2. The van der Waals surface area contributed by atoms with E-state index in [0.29, 0.717) is 0 Å². The number of carbonyl (C=O) groups is 3. The highest BCUT2D eigenvalue weighted by molar-refractivity contribution is 5.74. The van der Waals surface area contributed by atoms with Gasteiger partial charge in [0.05, 0.1) is 19.8 Å². The Balaban J connectivity index is 1.92. The van der Waals surface area contributed by atoms with E-state index in [4.69, 9.17) is 23.7 Å². The monoisotopic (exact) mass is 627 g/mol. The normalized spacial score (nSPS) is 43.5. The summed E-state index contributed by atoms with van der Waals surface area (Å²) in [5, 5.41) is 90.0. The maximum Gasteiger partial charge on any atom is 0.217 e. The molecule has 15 atom stereocenters. The number of aliphatic hydroxyl groups is 8. The highest BCUT2D eigenvalue weighted by atomic mass is 16.7. The molecule has 0 bridgehead atoms. The third kappa shape index (κ3) is 8.14. The lowest BCUT2D eigenvalue weighted by atomic mass is 9.93. The van der Waals surface area contributed by atoms with Crippen molar-refractivity contribution in [1.29, 1.82) is 0 Å². The molecular weight excluding hydrogens is 586 g/mol. The summed E-state index contributed by atoms with van der Waals surface area (Å²) in [5.74, 6) is -1.98. The van der Waals surface area contributed by atoms with Crippen molar-refractivity contribution in [2.24, 2.45) is 0 Å². The van der Waals surface area contributed by atoms with Gasteiger partial charge in [0.1, 0.15) is 73.1 Å². The molecule has 3 saturated heterocycles. The molecule has 3 aliphatic heterocycles. The highest BCUT2D eigenvalue weighted by Crippen LogP contribution is 2.32. The van der Waals surface area contributed by atoms with Crippen molar-refractivity contribution in [1.82, 2.24) is 16.0 Å². The lowest BCUT2D eigenvalue weighted by Crippen LogP contribution is -2.71. The van der Waals surface area contributed by atoms with Gasteiger partial charge >= 0.3 is 0 Å². The minimum Gasteiger partial charge on any atom is -0.394 e. The Kier molecular flexibility index (Phi) is 12.5. The first-order valence-corrected chi connectivity index (χ1v) is 13.5. The summed E-state index contributed by atoms with van der Waals surface area (Å²) in [7, 11) is 0. The van der Waals surface area contributed by atoms with Gasteiger partial charge < -0.3 is 80.5 Å². The van der Waals surface area contributed by atoms with Crippen LogP contribution in [0.3, 0.4) is 0 Å². The molecule has 3 fully saturated rings. The Morgan fingerprint density at radius 1 is 0.558 bits per heavy atom.